The van der Waals surface area contributed by atoms with Crippen molar-refractivity contribution in [3.8, 4) is 5.75 Å². The molecule has 0 aromatic heterocycles. The van der Waals surface area contributed by atoms with E-state index in [4.69, 9.17) is 4.74 Å². The predicted molar refractivity (Wildman–Crippen MR) is 114 cm³/mol. The molecule has 1 aliphatic heterocycles. The van der Waals surface area contributed by atoms with Gasteiger partial charge in [-0.05, 0) is 68.7 Å². The van der Waals surface area contributed by atoms with Gasteiger partial charge in [0, 0.05) is 24.3 Å². The molecule has 156 valence electrons. The minimum atomic E-state index is -3.61. The molecular formula is C22H28N2O4S. The molecule has 1 saturated heterocycles. The van der Waals surface area contributed by atoms with E-state index >= 15 is 0 Å². The van der Waals surface area contributed by atoms with Gasteiger partial charge in [-0.25, -0.2) is 8.42 Å². The first kappa shape index (κ1) is 21.3. The second-order valence-corrected chi connectivity index (χ2v) is 9.14. The smallest absolute Gasteiger partial charge is 0.255 e. The highest BCUT2D eigenvalue weighted by molar-refractivity contribution is 7.89. The van der Waals surface area contributed by atoms with Gasteiger partial charge in [0.15, 0.2) is 0 Å². The number of carbonyl (C=O) groups is 1. The number of sulfonamides is 1. The highest BCUT2D eigenvalue weighted by atomic mass is 32.2. The Morgan fingerprint density at radius 3 is 2.31 bits per heavy atom. The van der Waals surface area contributed by atoms with Crippen molar-refractivity contribution in [2.75, 3.05) is 25.0 Å². The second-order valence-electron chi connectivity index (χ2n) is 7.21. The number of benzene rings is 2. The number of hydrogen-bond donors (Lipinski definition) is 1. The third-order valence-electron chi connectivity index (χ3n) is 5.08. The van der Waals surface area contributed by atoms with E-state index in [1.165, 1.54) is 6.07 Å². The largest absolute Gasteiger partial charge is 0.494 e. The molecule has 1 aliphatic rings. The molecule has 29 heavy (non-hydrogen) atoms. The summed E-state index contributed by atoms with van der Waals surface area (Å²) in [5.41, 5.74) is 1.71. The zero-order chi connectivity index (χ0) is 20.9. The molecule has 2 aromatic rings. The van der Waals surface area contributed by atoms with Crippen LogP contribution in [0.4, 0.5) is 5.69 Å². The summed E-state index contributed by atoms with van der Waals surface area (Å²) in [5, 5.41) is 2.83. The zero-order valence-electron chi connectivity index (χ0n) is 17.0. The van der Waals surface area contributed by atoms with Gasteiger partial charge in [-0.3, -0.25) is 4.79 Å². The minimum absolute atomic E-state index is 0.168. The highest BCUT2D eigenvalue weighted by Crippen LogP contribution is 2.24. The molecule has 0 saturated carbocycles. The summed E-state index contributed by atoms with van der Waals surface area (Å²) in [4.78, 5) is 13.0. The molecule has 1 N–H and O–H groups in total. The molecule has 2 aromatic carbocycles. The first-order valence-corrected chi connectivity index (χ1v) is 11.5. The van der Waals surface area contributed by atoms with E-state index < -0.39 is 10.0 Å². The van der Waals surface area contributed by atoms with Crippen LogP contribution in [-0.2, 0) is 10.0 Å². The Bertz CT molecular complexity index is 947. The van der Waals surface area contributed by atoms with Crippen molar-refractivity contribution in [1.29, 1.82) is 0 Å². The number of hydrogen-bond acceptors (Lipinski definition) is 4. The van der Waals surface area contributed by atoms with Crippen LogP contribution in [0.2, 0.25) is 0 Å². The van der Waals surface area contributed by atoms with Crippen LogP contribution < -0.4 is 10.1 Å². The van der Waals surface area contributed by atoms with E-state index in [-0.39, 0.29) is 10.8 Å². The molecule has 6 nitrogen and oxygen atoms in total. The average molecular weight is 417 g/mol. The van der Waals surface area contributed by atoms with Crippen molar-refractivity contribution >= 4 is 21.6 Å². The van der Waals surface area contributed by atoms with Gasteiger partial charge in [0.05, 0.1) is 11.5 Å². The molecule has 0 aliphatic carbocycles. The maximum Gasteiger partial charge on any atom is 0.255 e. The predicted octanol–water partition coefficient (Wildman–Crippen LogP) is 4.21. The number of carbonyl (C=O) groups excluding carboxylic acids is 1. The van der Waals surface area contributed by atoms with E-state index in [0.29, 0.717) is 30.9 Å². The van der Waals surface area contributed by atoms with Crippen LogP contribution in [-0.4, -0.2) is 38.3 Å². The van der Waals surface area contributed by atoms with E-state index in [1.807, 2.05) is 6.92 Å². The summed E-state index contributed by atoms with van der Waals surface area (Å²) in [5.74, 6) is 0.395. The molecule has 1 fully saturated rings. The van der Waals surface area contributed by atoms with Gasteiger partial charge < -0.3 is 10.1 Å². The molecule has 1 heterocycles. The number of amides is 1. The molecular weight excluding hydrogens is 388 g/mol. The fraction of sp³-hybridized carbons (Fsp3) is 0.409. The summed E-state index contributed by atoms with van der Waals surface area (Å²) in [6, 6.07) is 11.9. The number of nitrogens with zero attached hydrogens (tertiary/aromatic N) is 1. The lowest BCUT2D eigenvalue weighted by atomic mass is 10.1. The number of rotatable bonds is 6. The summed E-state index contributed by atoms with van der Waals surface area (Å²) >= 11 is 0. The molecule has 0 radical (unpaired) electrons. The topological polar surface area (TPSA) is 75.7 Å². The van der Waals surface area contributed by atoms with Crippen molar-refractivity contribution in [2.45, 2.75) is 44.4 Å². The SMILES string of the molecule is CCOc1ccc(NC(=O)c2cc(S(=O)(=O)N3CCCCCC3)ccc2C)cc1. The third-order valence-corrected chi connectivity index (χ3v) is 6.97. The Balaban J connectivity index is 1.81. The van der Waals surface area contributed by atoms with Crippen LogP contribution in [0.25, 0.3) is 0 Å². The summed E-state index contributed by atoms with van der Waals surface area (Å²) < 4.78 is 33.1. The third kappa shape index (κ3) is 5.16. The van der Waals surface area contributed by atoms with E-state index in [0.717, 1.165) is 37.0 Å². The molecule has 0 unspecified atom stereocenters. The van der Waals surface area contributed by atoms with Gasteiger partial charge in [-0.15, -0.1) is 0 Å². The van der Waals surface area contributed by atoms with Crippen molar-refractivity contribution in [3.63, 3.8) is 0 Å². The van der Waals surface area contributed by atoms with Gasteiger partial charge in [-0.2, -0.15) is 4.31 Å². The summed E-state index contributed by atoms with van der Waals surface area (Å²) in [6.45, 7) is 5.34. The number of ether oxygens (including phenoxy) is 1. The summed E-state index contributed by atoms with van der Waals surface area (Å²) in [7, 11) is -3.61. The van der Waals surface area contributed by atoms with Crippen molar-refractivity contribution < 1.29 is 17.9 Å². The van der Waals surface area contributed by atoms with Gasteiger partial charge >= 0.3 is 0 Å². The standard InChI is InChI=1S/C22H28N2O4S/c1-3-28-19-11-9-18(10-12-19)23-22(25)21-16-20(13-8-17(21)2)29(26,27)24-14-6-4-5-7-15-24/h8-13,16H,3-7,14-15H2,1-2H3,(H,23,25). The molecule has 1 amide bonds. The fourth-order valence-electron chi connectivity index (χ4n) is 3.44. The maximum atomic E-state index is 13.1. The van der Waals surface area contributed by atoms with Gasteiger partial charge in [0.2, 0.25) is 10.0 Å². The molecule has 0 bridgehead atoms. The second kappa shape index (κ2) is 9.41. The molecule has 0 atom stereocenters. The van der Waals surface area contributed by atoms with E-state index in [9.17, 15) is 13.2 Å². The highest BCUT2D eigenvalue weighted by Gasteiger charge is 2.26. The van der Waals surface area contributed by atoms with Crippen LogP contribution in [0.3, 0.4) is 0 Å². The lowest BCUT2D eigenvalue weighted by Gasteiger charge is -2.20. The van der Waals surface area contributed by atoms with Gasteiger partial charge in [0.1, 0.15) is 5.75 Å². The minimum Gasteiger partial charge on any atom is -0.494 e. The van der Waals surface area contributed by atoms with Crippen molar-refractivity contribution in [3.05, 3.63) is 53.6 Å². The van der Waals surface area contributed by atoms with Crippen LogP contribution in [0.5, 0.6) is 5.75 Å². The Labute approximate surface area is 172 Å². The molecule has 0 spiro atoms. The first-order chi connectivity index (χ1) is 13.9. The van der Waals surface area contributed by atoms with E-state index in [1.54, 1.807) is 47.6 Å². The lowest BCUT2D eigenvalue weighted by Crippen LogP contribution is -2.32. The lowest BCUT2D eigenvalue weighted by molar-refractivity contribution is 0.102. The van der Waals surface area contributed by atoms with Crippen molar-refractivity contribution in [1.82, 2.24) is 4.31 Å². The monoisotopic (exact) mass is 416 g/mol. The van der Waals surface area contributed by atoms with Crippen molar-refractivity contribution in [2.24, 2.45) is 0 Å². The number of aryl methyl sites for hydroxylation is 1. The quantitative estimate of drug-likeness (QED) is 0.765. The van der Waals surface area contributed by atoms with Crippen LogP contribution in [0, 0.1) is 6.92 Å². The number of nitrogens with one attached hydrogen (secondary N) is 1. The molecule has 7 heteroatoms. The van der Waals surface area contributed by atoms with Gasteiger partial charge in [-0.1, -0.05) is 18.9 Å². The maximum absolute atomic E-state index is 13.1. The Kier molecular flexibility index (Phi) is 6.92. The average Bonchev–Trinajstić information content (AvgIpc) is 3.00. The molecule has 3 rings (SSSR count). The first-order valence-electron chi connectivity index (χ1n) is 10.1. The Morgan fingerprint density at radius 1 is 1.03 bits per heavy atom. The summed E-state index contributed by atoms with van der Waals surface area (Å²) in [6.07, 6.45) is 3.84. The zero-order valence-corrected chi connectivity index (χ0v) is 17.8. The fourth-order valence-corrected chi connectivity index (χ4v) is 4.98. The van der Waals surface area contributed by atoms with Crippen LogP contribution in [0.15, 0.2) is 47.4 Å². The van der Waals surface area contributed by atoms with Crippen LogP contribution in [0.1, 0.15) is 48.5 Å². The number of anilines is 1. The Morgan fingerprint density at radius 2 is 1.69 bits per heavy atom. The van der Waals surface area contributed by atoms with Gasteiger partial charge in [0.25, 0.3) is 5.91 Å². The Hall–Kier alpha value is -2.38. The van der Waals surface area contributed by atoms with E-state index in [2.05, 4.69) is 5.32 Å². The van der Waals surface area contributed by atoms with Crippen LogP contribution >= 0.6 is 0 Å². The normalized spacial score (nSPS) is 15.5.